The zero-order chi connectivity index (χ0) is 16.8. The first-order valence-electron chi connectivity index (χ1n) is 7.20. The zero-order valence-electron chi connectivity index (χ0n) is 13.4. The highest BCUT2D eigenvalue weighted by molar-refractivity contribution is 9.10. The molecular weight excluding hydrogens is 362 g/mol. The minimum Gasteiger partial charge on any atom is -0.493 e. The van der Waals surface area contributed by atoms with Gasteiger partial charge in [0, 0.05) is 12.7 Å². The molecule has 0 spiro atoms. The second kappa shape index (κ2) is 8.01. The Hall–Kier alpha value is -2.02. The highest BCUT2D eigenvalue weighted by Gasteiger charge is 2.07. The summed E-state index contributed by atoms with van der Waals surface area (Å²) in [6, 6.07) is 5.74. The highest BCUT2D eigenvalue weighted by Crippen LogP contribution is 2.27. The number of benzene rings is 1. The van der Waals surface area contributed by atoms with E-state index in [1.807, 2.05) is 25.1 Å². The van der Waals surface area contributed by atoms with Gasteiger partial charge in [0.05, 0.1) is 24.4 Å². The van der Waals surface area contributed by atoms with Crippen molar-refractivity contribution in [3.63, 3.8) is 0 Å². The number of hydrogen-bond acceptors (Lipinski definition) is 4. The summed E-state index contributed by atoms with van der Waals surface area (Å²) in [6.07, 6.45) is 2.51. The van der Waals surface area contributed by atoms with Crippen molar-refractivity contribution in [1.29, 1.82) is 0 Å². The molecule has 0 bridgehead atoms. The quantitative estimate of drug-likeness (QED) is 0.799. The molecule has 0 aliphatic carbocycles. The van der Waals surface area contributed by atoms with Crippen molar-refractivity contribution >= 4 is 21.8 Å². The number of aryl methyl sites for hydroxylation is 1. The first-order valence-corrected chi connectivity index (χ1v) is 8.00. The number of carbonyl (C=O) groups excluding carboxylic acids is 1. The molecule has 0 atom stereocenters. The summed E-state index contributed by atoms with van der Waals surface area (Å²) in [6.45, 7) is 2.64. The predicted octanol–water partition coefficient (Wildman–Crippen LogP) is 2.33. The van der Waals surface area contributed by atoms with E-state index >= 15 is 0 Å². The largest absolute Gasteiger partial charge is 0.493 e. The third-order valence-electron chi connectivity index (χ3n) is 3.38. The van der Waals surface area contributed by atoms with Crippen LogP contribution < -0.4 is 14.8 Å². The SMILES string of the molecule is COc1ccc(CCNC(=O)Cn2cc(Br)c(C)n2)cc1OC. The Kier molecular flexibility index (Phi) is 6.04. The number of aromatic nitrogens is 2. The fraction of sp³-hybridized carbons (Fsp3) is 0.375. The third kappa shape index (κ3) is 4.72. The van der Waals surface area contributed by atoms with Gasteiger partial charge < -0.3 is 14.8 Å². The molecule has 0 saturated heterocycles. The molecule has 0 aliphatic rings. The smallest absolute Gasteiger partial charge is 0.241 e. The number of carbonyl (C=O) groups is 1. The van der Waals surface area contributed by atoms with Crippen molar-refractivity contribution in [2.75, 3.05) is 20.8 Å². The zero-order valence-corrected chi connectivity index (χ0v) is 15.0. The van der Waals surface area contributed by atoms with Crippen LogP contribution in [0, 0.1) is 6.92 Å². The van der Waals surface area contributed by atoms with Crippen molar-refractivity contribution < 1.29 is 14.3 Å². The van der Waals surface area contributed by atoms with Crippen LogP contribution in [0.15, 0.2) is 28.9 Å². The second-order valence-electron chi connectivity index (χ2n) is 5.05. The molecule has 124 valence electrons. The monoisotopic (exact) mass is 381 g/mol. The van der Waals surface area contributed by atoms with Crippen molar-refractivity contribution in [1.82, 2.24) is 15.1 Å². The lowest BCUT2D eigenvalue weighted by Gasteiger charge is -2.10. The van der Waals surface area contributed by atoms with Crippen LogP contribution in [0.25, 0.3) is 0 Å². The Morgan fingerprint density at radius 1 is 1.30 bits per heavy atom. The summed E-state index contributed by atoms with van der Waals surface area (Å²) >= 11 is 3.38. The molecule has 1 aromatic heterocycles. The standard InChI is InChI=1S/C16H20BrN3O3/c1-11-13(17)9-20(19-11)10-16(21)18-7-6-12-4-5-14(22-2)15(8-12)23-3/h4-5,8-9H,6-7,10H2,1-3H3,(H,18,21). The molecule has 2 aromatic rings. The summed E-state index contributed by atoms with van der Waals surface area (Å²) < 4.78 is 13.0. The van der Waals surface area contributed by atoms with E-state index in [1.54, 1.807) is 25.1 Å². The normalized spacial score (nSPS) is 10.4. The van der Waals surface area contributed by atoms with Crippen LogP contribution >= 0.6 is 15.9 Å². The number of ether oxygens (including phenoxy) is 2. The number of nitrogens with one attached hydrogen (secondary N) is 1. The molecule has 6 nitrogen and oxygen atoms in total. The van der Waals surface area contributed by atoms with E-state index in [2.05, 4.69) is 26.3 Å². The molecule has 2 rings (SSSR count). The summed E-state index contributed by atoms with van der Waals surface area (Å²) in [4.78, 5) is 11.9. The van der Waals surface area contributed by atoms with Gasteiger partial charge in [-0.25, -0.2) is 0 Å². The highest BCUT2D eigenvalue weighted by atomic mass is 79.9. The third-order valence-corrected chi connectivity index (χ3v) is 4.15. The van der Waals surface area contributed by atoms with Crippen molar-refractivity contribution in [3.8, 4) is 11.5 Å². The lowest BCUT2D eigenvalue weighted by molar-refractivity contribution is -0.121. The van der Waals surface area contributed by atoms with E-state index in [9.17, 15) is 4.79 Å². The van der Waals surface area contributed by atoms with Crippen molar-refractivity contribution in [2.45, 2.75) is 19.9 Å². The lowest BCUT2D eigenvalue weighted by atomic mass is 10.1. The topological polar surface area (TPSA) is 65.4 Å². The summed E-state index contributed by atoms with van der Waals surface area (Å²) in [5.74, 6) is 1.31. The van der Waals surface area contributed by atoms with Crippen LogP contribution in [-0.4, -0.2) is 36.5 Å². The van der Waals surface area contributed by atoms with E-state index in [0.29, 0.717) is 24.5 Å². The average molecular weight is 382 g/mol. The first-order chi connectivity index (χ1) is 11.0. The maximum Gasteiger partial charge on any atom is 0.241 e. The van der Waals surface area contributed by atoms with Gasteiger partial charge in [0.25, 0.3) is 0 Å². The molecule has 23 heavy (non-hydrogen) atoms. The van der Waals surface area contributed by atoms with Crippen molar-refractivity contribution in [3.05, 3.63) is 40.1 Å². The molecule has 0 aliphatic heterocycles. The van der Waals surface area contributed by atoms with Crippen LogP contribution in [0.1, 0.15) is 11.3 Å². The fourth-order valence-corrected chi connectivity index (χ4v) is 2.48. The Bertz CT molecular complexity index is 666. The molecular formula is C16H20BrN3O3. The Labute approximate surface area is 143 Å². The Morgan fingerprint density at radius 3 is 2.65 bits per heavy atom. The molecule has 0 radical (unpaired) electrons. The van der Waals surface area contributed by atoms with Crippen LogP contribution in [0.4, 0.5) is 0 Å². The summed E-state index contributed by atoms with van der Waals surface area (Å²) in [5, 5.41) is 7.12. The second-order valence-corrected chi connectivity index (χ2v) is 5.90. The molecule has 1 aromatic carbocycles. The van der Waals surface area contributed by atoms with Gasteiger partial charge in [0.1, 0.15) is 6.54 Å². The van der Waals surface area contributed by atoms with E-state index in [-0.39, 0.29) is 12.5 Å². The van der Waals surface area contributed by atoms with E-state index in [1.165, 1.54) is 0 Å². The Balaban J connectivity index is 1.83. The van der Waals surface area contributed by atoms with Crippen LogP contribution in [0.5, 0.6) is 11.5 Å². The fourth-order valence-electron chi connectivity index (χ4n) is 2.16. The minimum absolute atomic E-state index is 0.0690. The van der Waals surface area contributed by atoms with Gasteiger partial charge in [0.2, 0.25) is 5.91 Å². The van der Waals surface area contributed by atoms with Gasteiger partial charge >= 0.3 is 0 Å². The molecule has 7 heteroatoms. The number of rotatable bonds is 7. The van der Waals surface area contributed by atoms with Gasteiger partial charge in [0.15, 0.2) is 11.5 Å². The number of methoxy groups -OCH3 is 2. The van der Waals surface area contributed by atoms with E-state index < -0.39 is 0 Å². The van der Waals surface area contributed by atoms with E-state index in [4.69, 9.17) is 9.47 Å². The van der Waals surface area contributed by atoms with Crippen LogP contribution in [0.2, 0.25) is 0 Å². The van der Waals surface area contributed by atoms with Crippen LogP contribution in [0.3, 0.4) is 0 Å². The maximum absolute atomic E-state index is 11.9. The van der Waals surface area contributed by atoms with Gasteiger partial charge in [-0.15, -0.1) is 0 Å². The van der Waals surface area contributed by atoms with Gasteiger partial charge in [-0.3, -0.25) is 9.48 Å². The number of amides is 1. The Morgan fingerprint density at radius 2 is 2.04 bits per heavy atom. The summed E-state index contributed by atoms with van der Waals surface area (Å²) in [7, 11) is 3.21. The minimum atomic E-state index is -0.0690. The predicted molar refractivity (Wildman–Crippen MR) is 90.9 cm³/mol. The first kappa shape index (κ1) is 17.3. The van der Waals surface area contributed by atoms with Crippen LogP contribution in [-0.2, 0) is 17.8 Å². The number of halogens is 1. The van der Waals surface area contributed by atoms with Gasteiger partial charge in [-0.1, -0.05) is 6.07 Å². The molecule has 1 heterocycles. The molecule has 0 fully saturated rings. The van der Waals surface area contributed by atoms with Crippen molar-refractivity contribution in [2.24, 2.45) is 0 Å². The average Bonchev–Trinajstić information content (AvgIpc) is 2.84. The number of hydrogen-bond donors (Lipinski definition) is 1. The lowest BCUT2D eigenvalue weighted by Crippen LogP contribution is -2.29. The summed E-state index contributed by atoms with van der Waals surface area (Å²) in [5.41, 5.74) is 1.93. The molecule has 1 amide bonds. The molecule has 0 saturated carbocycles. The van der Waals surface area contributed by atoms with Gasteiger partial charge in [-0.2, -0.15) is 5.10 Å². The molecule has 0 unspecified atom stereocenters. The van der Waals surface area contributed by atoms with Gasteiger partial charge in [-0.05, 0) is 47.0 Å². The van der Waals surface area contributed by atoms with E-state index in [0.717, 1.165) is 15.7 Å². The molecule has 1 N–H and O–H groups in total. The maximum atomic E-state index is 11.9. The number of nitrogens with zero attached hydrogens (tertiary/aromatic N) is 2.